The van der Waals surface area contributed by atoms with Crippen molar-refractivity contribution in [1.29, 1.82) is 0 Å². The lowest BCUT2D eigenvalue weighted by molar-refractivity contribution is 0.176. The van der Waals surface area contributed by atoms with Gasteiger partial charge in [0.25, 0.3) is 0 Å². The molecule has 2 N–H and O–H groups in total. The molecule has 1 heterocycles. The predicted octanol–water partition coefficient (Wildman–Crippen LogP) is 1.63. The van der Waals surface area contributed by atoms with Crippen LogP contribution in [-0.2, 0) is 9.84 Å². The van der Waals surface area contributed by atoms with E-state index in [9.17, 15) is 8.42 Å². The van der Waals surface area contributed by atoms with E-state index in [0.717, 1.165) is 12.8 Å². The van der Waals surface area contributed by atoms with Gasteiger partial charge < -0.3 is 5.73 Å². The number of nitrogens with zero attached hydrogens (tertiary/aromatic N) is 1. The highest BCUT2D eigenvalue weighted by atomic mass is 32.2. The van der Waals surface area contributed by atoms with Crippen LogP contribution in [0.4, 0.5) is 0 Å². The highest BCUT2D eigenvalue weighted by molar-refractivity contribution is 7.91. The first-order valence-corrected chi connectivity index (χ1v) is 9.42. The number of hydrogen-bond acceptors (Lipinski definition) is 4. The lowest BCUT2D eigenvalue weighted by Crippen LogP contribution is -2.45. The van der Waals surface area contributed by atoms with Crippen LogP contribution in [0.1, 0.15) is 31.2 Å². The molecule has 118 valence electrons. The molecule has 0 spiro atoms. The minimum atomic E-state index is -2.85. The quantitative estimate of drug-likeness (QED) is 0.867. The molecule has 2 rings (SSSR count). The maximum Gasteiger partial charge on any atom is 0.151 e. The summed E-state index contributed by atoms with van der Waals surface area (Å²) in [6.45, 7) is 2.77. The molecule has 3 atom stereocenters. The Morgan fingerprint density at radius 2 is 2.00 bits per heavy atom. The van der Waals surface area contributed by atoms with Crippen LogP contribution in [-0.4, -0.2) is 50.5 Å². The molecular formula is C16H26N2O2S. The molecule has 0 aromatic heterocycles. The molecule has 3 unspecified atom stereocenters. The van der Waals surface area contributed by atoms with E-state index in [1.165, 1.54) is 5.56 Å². The first kappa shape index (κ1) is 16.5. The van der Waals surface area contributed by atoms with Gasteiger partial charge in [-0.3, -0.25) is 4.90 Å². The molecule has 1 saturated heterocycles. The molecule has 1 aliphatic rings. The van der Waals surface area contributed by atoms with Crippen LogP contribution in [0.3, 0.4) is 0 Å². The third kappa shape index (κ3) is 4.28. The maximum absolute atomic E-state index is 11.6. The zero-order chi connectivity index (χ0) is 15.5. The Labute approximate surface area is 128 Å². The molecule has 0 aliphatic carbocycles. The molecule has 0 saturated carbocycles. The lowest BCUT2D eigenvalue weighted by atomic mass is 9.93. The molecule has 5 heteroatoms. The third-order valence-electron chi connectivity index (χ3n) is 4.63. The second kappa shape index (κ2) is 6.90. The van der Waals surface area contributed by atoms with E-state index in [-0.39, 0.29) is 17.8 Å². The molecule has 0 bridgehead atoms. The fourth-order valence-corrected chi connectivity index (χ4v) is 4.94. The van der Waals surface area contributed by atoms with Crippen molar-refractivity contribution in [2.45, 2.75) is 37.8 Å². The maximum atomic E-state index is 11.6. The van der Waals surface area contributed by atoms with E-state index < -0.39 is 9.84 Å². The average molecular weight is 310 g/mol. The van der Waals surface area contributed by atoms with Crippen molar-refractivity contribution in [3.63, 3.8) is 0 Å². The van der Waals surface area contributed by atoms with Gasteiger partial charge in [0, 0.05) is 18.6 Å². The van der Waals surface area contributed by atoms with Crippen LogP contribution in [0.25, 0.3) is 0 Å². The molecular weight excluding hydrogens is 284 g/mol. The molecule has 0 radical (unpaired) electrons. The van der Waals surface area contributed by atoms with Gasteiger partial charge in [0.15, 0.2) is 9.84 Å². The molecule has 21 heavy (non-hydrogen) atoms. The second-order valence-electron chi connectivity index (χ2n) is 6.16. The first-order valence-electron chi connectivity index (χ1n) is 7.60. The molecule has 4 nitrogen and oxygen atoms in total. The Hall–Kier alpha value is -0.910. The topological polar surface area (TPSA) is 63.4 Å². The van der Waals surface area contributed by atoms with Crippen molar-refractivity contribution in [2.24, 2.45) is 5.73 Å². The standard InChI is InChI=1S/C16H26N2O2S/c1-13(14-6-4-3-5-7-14)10-16(11-17)18(2)15-8-9-21(19,20)12-15/h3-7,13,15-16H,8-12,17H2,1-2H3. The second-order valence-corrected chi connectivity index (χ2v) is 8.39. The highest BCUT2D eigenvalue weighted by Gasteiger charge is 2.33. The van der Waals surface area contributed by atoms with Gasteiger partial charge in [-0.1, -0.05) is 37.3 Å². The Bertz CT molecular complexity index is 545. The van der Waals surface area contributed by atoms with E-state index in [2.05, 4.69) is 36.1 Å². The lowest BCUT2D eigenvalue weighted by Gasteiger charge is -2.33. The summed E-state index contributed by atoms with van der Waals surface area (Å²) in [5, 5.41) is 0. The largest absolute Gasteiger partial charge is 0.329 e. The van der Waals surface area contributed by atoms with Gasteiger partial charge in [-0.15, -0.1) is 0 Å². The summed E-state index contributed by atoms with van der Waals surface area (Å²) in [7, 11) is -0.831. The molecule has 0 amide bonds. The number of nitrogens with two attached hydrogens (primary N) is 1. The van der Waals surface area contributed by atoms with Crippen LogP contribution in [0.15, 0.2) is 30.3 Å². The van der Waals surface area contributed by atoms with E-state index in [0.29, 0.717) is 18.2 Å². The zero-order valence-electron chi connectivity index (χ0n) is 12.9. The van der Waals surface area contributed by atoms with Crippen LogP contribution < -0.4 is 5.73 Å². The fraction of sp³-hybridized carbons (Fsp3) is 0.625. The highest BCUT2D eigenvalue weighted by Crippen LogP contribution is 2.25. The Kier molecular flexibility index (Phi) is 5.41. The summed E-state index contributed by atoms with van der Waals surface area (Å²) in [6, 6.07) is 10.7. The van der Waals surface area contributed by atoms with Crippen molar-refractivity contribution in [1.82, 2.24) is 4.90 Å². The van der Waals surface area contributed by atoms with Crippen LogP contribution >= 0.6 is 0 Å². The third-order valence-corrected chi connectivity index (χ3v) is 6.38. The van der Waals surface area contributed by atoms with Crippen molar-refractivity contribution >= 4 is 9.84 Å². The molecule has 1 aromatic carbocycles. The summed E-state index contributed by atoms with van der Waals surface area (Å²) in [6.07, 6.45) is 1.68. The Balaban J connectivity index is 1.99. The zero-order valence-corrected chi connectivity index (χ0v) is 13.7. The van der Waals surface area contributed by atoms with Gasteiger partial charge in [-0.25, -0.2) is 8.42 Å². The Morgan fingerprint density at radius 1 is 1.33 bits per heavy atom. The normalized spacial score (nSPS) is 24.1. The minimum absolute atomic E-state index is 0.117. The first-order chi connectivity index (χ1) is 9.93. The minimum Gasteiger partial charge on any atom is -0.329 e. The summed E-state index contributed by atoms with van der Waals surface area (Å²) in [5.41, 5.74) is 7.25. The van der Waals surface area contributed by atoms with Crippen LogP contribution in [0, 0.1) is 0 Å². The van der Waals surface area contributed by atoms with Gasteiger partial charge in [0.05, 0.1) is 11.5 Å². The number of likely N-dealkylation sites (N-methyl/N-ethyl adjacent to an activating group) is 1. The van der Waals surface area contributed by atoms with E-state index in [1.807, 2.05) is 13.1 Å². The monoisotopic (exact) mass is 310 g/mol. The van der Waals surface area contributed by atoms with Gasteiger partial charge in [0.1, 0.15) is 0 Å². The van der Waals surface area contributed by atoms with Gasteiger partial charge in [-0.2, -0.15) is 0 Å². The van der Waals surface area contributed by atoms with Crippen molar-refractivity contribution < 1.29 is 8.42 Å². The van der Waals surface area contributed by atoms with Crippen LogP contribution in [0.2, 0.25) is 0 Å². The van der Waals surface area contributed by atoms with E-state index in [1.54, 1.807) is 0 Å². The van der Waals surface area contributed by atoms with Gasteiger partial charge >= 0.3 is 0 Å². The van der Waals surface area contributed by atoms with Gasteiger partial charge in [-0.05, 0) is 31.4 Å². The predicted molar refractivity (Wildman–Crippen MR) is 87.1 cm³/mol. The summed E-state index contributed by atoms with van der Waals surface area (Å²) < 4.78 is 23.3. The summed E-state index contributed by atoms with van der Waals surface area (Å²) in [4.78, 5) is 2.18. The smallest absolute Gasteiger partial charge is 0.151 e. The number of benzene rings is 1. The molecule has 1 fully saturated rings. The SMILES string of the molecule is CC(CC(CN)N(C)C1CCS(=O)(=O)C1)c1ccccc1. The number of rotatable bonds is 6. The van der Waals surface area contributed by atoms with Gasteiger partial charge in [0.2, 0.25) is 0 Å². The van der Waals surface area contributed by atoms with Crippen molar-refractivity contribution in [3.05, 3.63) is 35.9 Å². The van der Waals surface area contributed by atoms with Crippen molar-refractivity contribution in [3.8, 4) is 0 Å². The summed E-state index contributed by atoms with van der Waals surface area (Å²) in [5.74, 6) is 1.01. The molecule has 1 aliphatic heterocycles. The average Bonchev–Trinajstić information content (AvgIpc) is 2.85. The summed E-state index contributed by atoms with van der Waals surface area (Å²) >= 11 is 0. The number of sulfone groups is 1. The fourth-order valence-electron chi connectivity index (χ4n) is 3.15. The van der Waals surface area contributed by atoms with E-state index >= 15 is 0 Å². The molecule has 1 aromatic rings. The number of hydrogen-bond donors (Lipinski definition) is 1. The Morgan fingerprint density at radius 3 is 2.52 bits per heavy atom. The van der Waals surface area contributed by atoms with Crippen LogP contribution in [0.5, 0.6) is 0 Å². The van der Waals surface area contributed by atoms with Crippen molar-refractivity contribution in [2.75, 3.05) is 25.1 Å². The van der Waals surface area contributed by atoms with E-state index in [4.69, 9.17) is 5.73 Å².